The average molecular weight is 361 g/mol. The summed E-state index contributed by atoms with van der Waals surface area (Å²) in [5.41, 5.74) is 1.23. The summed E-state index contributed by atoms with van der Waals surface area (Å²) in [5.74, 6) is -0.521. The number of alkyl halides is 3. The van der Waals surface area contributed by atoms with Crippen molar-refractivity contribution in [3.8, 4) is 11.3 Å². The Labute approximate surface area is 146 Å². The van der Waals surface area contributed by atoms with Crippen LogP contribution in [-0.4, -0.2) is 25.7 Å². The number of halogens is 3. The Balaban J connectivity index is 1.72. The van der Waals surface area contributed by atoms with E-state index in [4.69, 9.17) is 0 Å². The number of aryl methyl sites for hydroxylation is 1. The summed E-state index contributed by atoms with van der Waals surface area (Å²) in [6.07, 6.45) is 1.46. The van der Waals surface area contributed by atoms with E-state index >= 15 is 0 Å². The van der Waals surface area contributed by atoms with Crippen molar-refractivity contribution in [2.45, 2.75) is 12.7 Å². The second-order valence-electron chi connectivity index (χ2n) is 5.53. The molecule has 0 unspecified atom stereocenters. The van der Waals surface area contributed by atoms with E-state index in [9.17, 15) is 18.0 Å². The van der Waals surface area contributed by atoms with E-state index in [0.29, 0.717) is 5.69 Å². The number of aromatic nitrogens is 4. The Morgan fingerprint density at radius 2 is 2.00 bits per heavy atom. The molecule has 0 atom stereocenters. The molecule has 1 N–H and O–H groups in total. The van der Waals surface area contributed by atoms with Crippen LogP contribution in [0.4, 0.5) is 13.2 Å². The fraction of sp³-hybridized carbons (Fsp3) is 0.176. The molecular weight excluding hydrogens is 347 g/mol. The summed E-state index contributed by atoms with van der Waals surface area (Å²) in [4.78, 5) is 19.8. The molecule has 6 nitrogen and oxygen atoms in total. The van der Waals surface area contributed by atoms with Crippen molar-refractivity contribution in [2.75, 3.05) is 0 Å². The van der Waals surface area contributed by atoms with Gasteiger partial charge in [-0.25, -0.2) is 0 Å². The van der Waals surface area contributed by atoms with E-state index in [0.717, 1.165) is 29.5 Å². The summed E-state index contributed by atoms with van der Waals surface area (Å²) in [6.45, 7) is 0.165. The Kier molecular flexibility index (Phi) is 4.70. The van der Waals surface area contributed by atoms with Gasteiger partial charge in [0, 0.05) is 37.7 Å². The van der Waals surface area contributed by atoms with Gasteiger partial charge in [0.05, 0.1) is 17.5 Å². The van der Waals surface area contributed by atoms with Crippen LogP contribution in [0.15, 0.2) is 49.1 Å². The van der Waals surface area contributed by atoms with E-state index < -0.39 is 17.8 Å². The molecule has 3 aromatic heterocycles. The molecule has 0 bridgehead atoms. The summed E-state index contributed by atoms with van der Waals surface area (Å²) in [5, 5.41) is 6.76. The van der Waals surface area contributed by atoms with Gasteiger partial charge in [-0.05, 0) is 23.8 Å². The first-order valence-corrected chi connectivity index (χ1v) is 7.59. The lowest BCUT2D eigenvalue weighted by Gasteiger charge is -2.09. The van der Waals surface area contributed by atoms with E-state index in [1.165, 1.54) is 0 Å². The predicted octanol–water partition coefficient (Wildman–Crippen LogP) is 2.83. The maximum atomic E-state index is 12.5. The van der Waals surface area contributed by atoms with Crippen LogP contribution in [0.2, 0.25) is 0 Å². The summed E-state index contributed by atoms with van der Waals surface area (Å²) >= 11 is 0. The molecule has 1 amide bonds. The molecule has 3 rings (SSSR count). The van der Waals surface area contributed by atoms with Crippen molar-refractivity contribution in [3.63, 3.8) is 0 Å². The molecule has 0 saturated heterocycles. The van der Waals surface area contributed by atoms with Gasteiger partial charge in [0.2, 0.25) is 0 Å². The molecule has 26 heavy (non-hydrogen) atoms. The van der Waals surface area contributed by atoms with Crippen molar-refractivity contribution in [3.05, 3.63) is 65.9 Å². The van der Waals surface area contributed by atoms with Gasteiger partial charge in [0.1, 0.15) is 5.69 Å². The van der Waals surface area contributed by atoms with E-state index in [-0.39, 0.29) is 12.1 Å². The summed E-state index contributed by atoms with van der Waals surface area (Å²) < 4.78 is 39.2. The topological polar surface area (TPSA) is 72.7 Å². The number of hydrogen-bond donors (Lipinski definition) is 1. The Bertz CT molecular complexity index is 919. The van der Waals surface area contributed by atoms with Gasteiger partial charge < -0.3 is 5.32 Å². The van der Waals surface area contributed by atoms with Crippen LogP contribution < -0.4 is 5.32 Å². The Hall–Kier alpha value is -3.23. The number of pyridine rings is 2. The van der Waals surface area contributed by atoms with E-state index in [1.54, 1.807) is 42.5 Å². The van der Waals surface area contributed by atoms with Gasteiger partial charge in [-0.15, -0.1) is 0 Å². The summed E-state index contributed by atoms with van der Waals surface area (Å²) in [6, 6.07) is 5.41. The lowest BCUT2D eigenvalue weighted by atomic mass is 10.1. The lowest BCUT2D eigenvalue weighted by molar-refractivity contribution is -0.141. The normalized spacial score (nSPS) is 11.4. The number of carbonyl (C=O) groups is 1. The molecular formula is C17H14F3N5O. The van der Waals surface area contributed by atoms with Crippen molar-refractivity contribution >= 4 is 5.91 Å². The number of rotatable bonds is 4. The van der Waals surface area contributed by atoms with Crippen molar-refractivity contribution in [2.24, 2.45) is 7.05 Å². The molecule has 0 aliphatic rings. The van der Waals surface area contributed by atoms with Gasteiger partial charge in [-0.1, -0.05) is 6.07 Å². The minimum atomic E-state index is -4.54. The standard InChI is InChI=1S/C17H14F3N5O/c1-25-10-13(9-24-25)15-11(3-2-6-21-15)7-23-16(26)12-4-5-14(22-8-12)17(18,19)20/h2-6,8-10H,7H2,1H3,(H,23,26). The van der Waals surface area contributed by atoms with Crippen LogP contribution in [0.25, 0.3) is 11.3 Å². The monoisotopic (exact) mass is 361 g/mol. The quantitative estimate of drug-likeness (QED) is 0.776. The zero-order valence-corrected chi connectivity index (χ0v) is 13.7. The highest BCUT2D eigenvalue weighted by Crippen LogP contribution is 2.27. The van der Waals surface area contributed by atoms with Crippen molar-refractivity contribution < 1.29 is 18.0 Å². The molecule has 0 saturated carbocycles. The SMILES string of the molecule is Cn1cc(-c2ncccc2CNC(=O)c2ccc(C(F)(F)F)nc2)cn1. The first kappa shape index (κ1) is 17.6. The maximum Gasteiger partial charge on any atom is 0.433 e. The third-order valence-electron chi connectivity index (χ3n) is 3.63. The molecule has 9 heteroatoms. The van der Waals surface area contributed by atoms with Gasteiger partial charge in [-0.2, -0.15) is 18.3 Å². The van der Waals surface area contributed by atoms with Crippen LogP contribution in [-0.2, 0) is 19.8 Å². The highest BCUT2D eigenvalue weighted by atomic mass is 19.4. The molecule has 0 aromatic carbocycles. The predicted molar refractivity (Wildman–Crippen MR) is 86.8 cm³/mol. The third kappa shape index (κ3) is 3.88. The largest absolute Gasteiger partial charge is 0.433 e. The van der Waals surface area contributed by atoms with Gasteiger partial charge >= 0.3 is 6.18 Å². The number of hydrogen-bond acceptors (Lipinski definition) is 4. The Morgan fingerprint density at radius 3 is 2.62 bits per heavy atom. The van der Waals surface area contributed by atoms with Gasteiger partial charge in [0.25, 0.3) is 5.91 Å². The number of amides is 1. The Morgan fingerprint density at radius 1 is 1.19 bits per heavy atom. The first-order chi connectivity index (χ1) is 12.3. The van der Waals surface area contributed by atoms with E-state index in [2.05, 4.69) is 20.4 Å². The zero-order valence-electron chi connectivity index (χ0n) is 13.7. The second-order valence-corrected chi connectivity index (χ2v) is 5.53. The van der Waals surface area contributed by atoms with Gasteiger partial charge in [0.15, 0.2) is 0 Å². The third-order valence-corrected chi connectivity index (χ3v) is 3.63. The smallest absolute Gasteiger partial charge is 0.348 e. The molecule has 0 aliphatic carbocycles. The van der Waals surface area contributed by atoms with Gasteiger partial charge in [-0.3, -0.25) is 19.4 Å². The molecule has 3 heterocycles. The first-order valence-electron chi connectivity index (χ1n) is 7.59. The van der Waals surface area contributed by atoms with Crippen LogP contribution in [0.1, 0.15) is 21.6 Å². The molecule has 0 aliphatic heterocycles. The minimum Gasteiger partial charge on any atom is -0.348 e. The zero-order chi connectivity index (χ0) is 18.7. The highest BCUT2D eigenvalue weighted by molar-refractivity contribution is 5.93. The lowest BCUT2D eigenvalue weighted by Crippen LogP contribution is -2.23. The fourth-order valence-electron chi connectivity index (χ4n) is 2.36. The van der Waals surface area contributed by atoms with Crippen molar-refractivity contribution in [1.29, 1.82) is 0 Å². The summed E-state index contributed by atoms with van der Waals surface area (Å²) in [7, 11) is 1.78. The molecule has 3 aromatic rings. The maximum absolute atomic E-state index is 12.5. The highest BCUT2D eigenvalue weighted by Gasteiger charge is 2.32. The molecule has 0 fully saturated rings. The van der Waals surface area contributed by atoms with Crippen LogP contribution >= 0.6 is 0 Å². The second kappa shape index (κ2) is 6.95. The molecule has 134 valence electrons. The number of nitrogens with zero attached hydrogens (tertiary/aromatic N) is 4. The minimum absolute atomic E-state index is 0.0461. The van der Waals surface area contributed by atoms with Crippen LogP contribution in [0, 0.1) is 0 Å². The average Bonchev–Trinajstić information content (AvgIpc) is 3.05. The molecule has 0 spiro atoms. The fourth-order valence-corrected chi connectivity index (χ4v) is 2.36. The molecule has 0 radical (unpaired) electrons. The number of nitrogens with one attached hydrogen (secondary N) is 1. The van der Waals surface area contributed by atoms with E-state index in [1.807, 2.05) is 0 Å². The van der Waals surface area contributed by atoms with Crippen molar-refractivity contribution in [1.82, 2.24) is 25.1 Å². The number of carbonyl (C=O) groups excluding carboxylic acids is 1. The van der Waals surface area contributed by atoms with Crippen LogP contribution in [0.5, 0.6) is 0 Å². The van der Waals surface area contributed by atoms with Crippen LogP contribution in [0.3, 0.4) is 0 Å².